The van der Waals surface area contributed by atoms with Gasteiger partial charge in [0.25, 0.3) is 0 Å². The van der Waals surface area contributed by atoms with E-state index in [9.17, 15) is 9.59 Å². The van der Waals surface area contributed by atoms with Crippen molar-refractivity contribution in [3.05, 3.63) is 88.3 Å². The van der Waals surface area contributed by atoms with Crippen LogP contribution in [0.2, 0.25) is 5.02 Å². The molecule has 0 bridgehead atoms. The minimum atomic E-state index is -0.517. The van der Waals surface area contributed by atoms with Gasteiger partial charge in [0.1, 0.15) is 17.9 Å². The second-order valence-corrected chi connectivity index (χ2v) is 8.06. The summed E-state index contributed by atoms with van der Waals surface area (Å²) in [6.45, 7) is 2.43. The molecule has 0 atom stereocenters. The van der Waals surface area contributed by atoms with Crippen LogP contribution in [-0.4, -0.2) is 40.8 Å². The summed E-state index contributed by atoms with van der Waals surface area (Å²) in [7, 11) is 2.94. The Kier molecular flexibility index (Phi) is 6.79. The standard InChI is InChI=1S/C25H23ClN4O4/c1-16-27-21-11-12-22(24(31)33-3)28-23(21)30(16)14-18-9-10-19(13-20(18)26)29(2)25(32)34-15-17-7-5-4-6-8-17/h4-13H,14-15H2,1-3H3. The van der Waals surface area contributed by atoms with Gasteiger partial charge in [0.05, 0.1) is 13.7 Å². The largest absolute Gasteiger partial charge is 0.464 e. The van der Waals surface area contributed by atoms with Crippen LogP contribution in [0.3, 0.4) is 0 Å². The van der Waals surface area contributed by atoms with E-state index in [-0.39, 0.29) is 12.3 Å². The summed E-state index contributed by atoms with van der Waals surface area (Å²) in [6, 6.07) is 18.1. The summed E-state index contributed by atoms with van der Waals surface area (Å²) in [6.07, 6.45) is -0.483. The molecule has 0 aliphatic rings. The maximum Gasteiger partial charge on any atom is 0.414 e. The van der Waals surface area contributed by atoms with Crippen molar-refractivity contribution < 1.29 is 19.1 Å². The van der Waals surface area contributed by atoms with Crippen LogP contribution in [-0.2, 0) is 22.6 Å². The number of methoxy groups -OCH3 is 1. The van der Waals surface area contributed by atoms with Crippen LogP contribution >= 0.6 is 11.6 Å². The van der Waals surface area contributed by atoms with Crippen LogP contribution in [0.25, 0.3) is 11.2 Å². The number of imidazole rings is 1. The van der Waals surface area contributed by atoms with Gasteiger partial charge in [-0.3, -0.25) is 4.90 Å². The molecule has 0 saturated heterocycles. The van der Waals surface area contributed by atoms with Crippen LogP contribution < -0.4 is 4.90 Å². The quantitative estimate of drug-likeness (QED) is 0.362. The number of hydrogen-bond acceptors (Lipinski definition) is 6. The van der Waals surface area contributed by atoms with E-state index >= 15 is 0 Å². The first kappa shape index (κ1) is 23.3. The van der Waals surface area contributed by atoms with Crippen molar-refractivity contribution in [3.63, 3.8) is 0 Å². The third-order valence-electron chi connectivity index (χ3n) is 5.41. The number of benzene rings is 2. The van der Waals surface area contributed by atoms with E-state index in [2.05, 4.69) is 9.97 Å². The van der Waals surface area contributed by atoms with Crippen LogP contribution in [0.1, 0.15) is 27.4 Å². The van der Waals surface area contributed by atoms with Gasteiger partial charge < -0.3 is 14.0 Å². The molecule has 0 aliphatic heterocycles. The number of pyridine rings is 1. The highest BCUT2D eigenvalue weighted by Gasteiger charge is 2.17. The van der Waals surface area contributed by atoms with E-state index < -0.39 is 12.1 Å². The second kappa shape index (κ2) is 9.93. The van der Waals surface area contributed by atoms with Crippen molar-refractivity contribution >= 4 is 40.5 Å². The summed E-state index contributed by atoms with van der Waals surface area (Å²) in [5.41, 5.74) is 3.74. The Hall–Kier alpha value is -3.91. The van der Waals surface area contributed by atoms with E-state index in [0.29, 0.717) is 28.4 Å². The summed E-state index contributed by atoms with van der Waals surface area (Å²) in [5, 5.41) is 0.477. The number of fused-ring (bicyclic) bond motifs is 1. The van der Waals surface area contributed by atoms with Gasteiger partial charge >= 0.3 is 12.1 Å². The number of carbonyl (C=O) groups excluding carboxylic acids is 2. The maximum atomic E-state index is 12.5. The lowest BCUT2D eigenvalue weighted by Gasteiger charge is -2.18. The number of rotatable bonds is 6. The zero-order valence-electron chi connectivity index (χ0n) is 19.0. The molecule has 2 heterocycles. The monoisotopic (exact) mass is 478 g/mol. The summed E-state index contributed by atoms with van der Waals surface area (Å²) in [4.78, 5) is 34.7. The van der Waals surface area contributed by atoms with Crippen LogP contribution in [0.5, 0.6) is 0 Å². The normalized spacial score (nSPS) is 10.8. The molecule has 0 spiro atoms. The highest BCUT2D eigenvalue weighted by Crippen LogP contribution is 2.26. The Morgan fingerprint density at radius 3 is 2.53 bits per heavy atom. The molecule has 0 unspecified atom stereocenters. The number of aromatic nitrogens is 3. The molecule has 0 N–H and O–H groups in total. The van der Waals surface area contributed by atoms with E-state index in [1.807, 2.05) is 47.9 Å². The predicted octanol–water partition coefficient (Wildman–Crippen LogP) is 5.00. The molecular formula is C25H23ClN4O4. The van der Waals surface area contributed by atoms with Gasteiger partial charge in [-0.05, 0) is 42.3 Å². The number of amides is 1. The summed E-state index contributed by atoms with van der Waals surface area (Å²) >= 11 is 6.57. The van der Waals surface area contributed by atoms with Crippen molar-refractivity contribution in [2.45, 2.75) is 20.1 Å². The van der Waals surface area contributed by atoms with E-state index in [1.54, 1.807) is 31.3 Å². The Morgan fingerprint density at radius 1 is 1.06 bits per heavy atom. The lowest BCUT2D eigenvalue weighted by molar-refractivity contribution is 0.0594. The minimum absolute atomic E-state index is 0.184. The number of anilines is 1. The lowest BCUT2D eigenvalue weighted by atomic mass is 10.2. The number of hydrogen-bond donors (Lipinski definition) is 0. The zero-order valence-corrected chi connectivity index (χ0v) is 19.7. The molecule has 2 aromatic carbocycles. The Bertz CT molecular complexity index is 1350. The van der Waals surface area contributed by atoms with Gasteiger partial charge in [-0.1, -0.05) is 48.0 Å². The van der Waals surface area contributed by atoms with Gasteiger partial charge in [0.15, 0.2) is 11.3 Å². The van der Waals surface area contributed by atoms with Crippen molar-refractivity contribution in [2.75, 3.05) is 19.1 Å². The topological polar surface area (TPSA) is 86.6 Å². The summed E-state index contributed by atoms with van der Waals surface area (Å²) in [5.74, 6) is 0.211. The van der Waals surface area contributed by atoms with Crippen molar-refractivity contribution in [1.29, 1.82) is 0 Å². The Balaban J connectivity index is 1.52. The van der Waals surface area contributed by atoms with Gasteiger partial charge in [0, 0.05) is 17.8 Å². The highest BCUT2D eigenvalue weighted by atomic mass is 35.5. The van der Waals surface area contributed by atoms with Crippen molar-refractivity contribution in [3.8, 4) is 0 Å². The number of halogens is 1. The molecule has 1 amide bonds. The fourth-order valence-corrected chi connectivity index (χ4v) is 3.72. The third kappa shape index (κ3) is 4.87. The van der Waals surface area contributed by atoms with Crippen LogP contribution in [0, 0.1) is 6.92 Å². The number of ether oxygens (including phenoxy) is 2. The van der Waals surface area contributed by atoms with Gasteiger partial charge in [-0.15, -0.1) is 0 Å². The Morgan fingerprint density at radius 2 is 1.82 bits per heavy atom. The zero-order chi connectivity index (χ0) is 24.2. The van der Waals surface area contributed by atoms with Gasteiger partial charge in [-0.25, -0.2) is 19.6 Å². The maximum absolute atomic E-state index is 12.5. The molecule has 9 heteroatoms. The van der Waals surface area contributed by atoms with E-state index in [4.69, 9.17) is 21.1 Å². The molecule has 4 rings (SSSR count). The lowest BCUT2D eigenvalue weighted by Crippen LogP contribution is -2.27. The van der Waals surface area contributed by atoms with E-state index in [0.717, 1.165) is 17.0 Å². The molecule has 34 heavy (non-hydrogen) atoms. The SMILES string of the molecule is COC(=O)c1ccc2nc(C)n(Cc3ccc(N(C)C(=O)OCc4ccccc4)cc3Cl)c2n1. The predicted molar refractivity (Wildman–Crippen MR) is 129 cm³/mol. The average Bonchev–Trinajstić information content (AvgIpc) is 3.17. The first-order valence-corrected chi connectivity index (χ1v) is 10.9. The van der Waals surface area contributed by atoms with Crippen LogP contribution in [0.15, 0.2) is 60.7 Å². The first-order valence-electron chi connectivity index (χ1n) is 10.5. The second-order valence-electron chi connectivity index (χ2n) is 7.65. The van der Waals surface area contributed by atoms with Crippen molar-refractivity contribution in [1.82, 2.24) is 14.5 Å². The fraction of sp³-hybridized carbons (Fsp3) is 0.200. The number of nitrogens with zero attached hydrogens (tertiary/aromatic N) is 4. The van der Waals surface area contributed by atoms with Gasteiger partial charge in [0.2, 0.25) is 0 Å². The molecule has 174 valence electrons. The molecule has 0 saturated carbocycles. The summed E-state index contributed by atoms with van der Waals surface area (Å²) < 4.78 is 12.0. The first-order chi connectivity index (χ1) is 16.4. The molecule has 2 aromatic heterocycles. The molecular weight excluding hydrogens is 456 g/mol. The number of carbonyl (C=O) groups is 2. The molecule has 0 fully saturated rings. The number of esters is 1. The highest BCUT2D eigenvalue weighted by molar-refractivity contribution is 6.31. The Labute approximate surface area is 201 Å². The van der Waals surface area contributed by atoms with Gasteiger partial charge in [-0.2, -0.15) is 0 Å². The number of aryl methyl sites for hydroxylation is 1. The van der Waals surface area contributed by atoms with Crippen LogP contribution in [0.4, 0.5) is 10.5 Å². The minimum Gasteiger partial charge on any atom is -0.464 e. The molecule has 0 aliphatic carbocycles. The average molecular weight is 479 g/mol. The smallest absolute Gasteiger partial charge is 0.414 e. The molecule has 8 nitrogen and oxygen atoms in total. The molecule has 0 radical (unpaired) electrons. The van der Waals surface area contributed by atoms with E-state index in [1.165, 1.54) is 12.0 Å². The van der Waals surface area contributed by atoms with Crippen molar-refractivity contribution in [2.24, 2.45) is 0 Å². The third-order valence-corrected chi connectivity index (χ3v) is 5.76. The fourth-order valence-electron chi connectivity index (χ4n) is 3.49. The molecule has 4 aromatic rings.